The van der Waals surface area contributed by atoms with Crippen LogP contribution < -0.4 is 5.32 Å². The van der Waals surface area contributed by atoms with Gasteiger partial charge in [-0.25, -0.2) is 0 Å². The van der Waals surface area contributed by atoms with Gasteiger partial charge < -0.3 is 14.9 Å². The van der Waals surface area contributed by atoms with E-state index in [0.717, 1.165) is 21.8 Å². The molecule has 8 heteroatoms. The summed E-state index contributed by atoms with van der Waals surface area (Å²) in [5, 5.41) is 18.4. The van der Waals surface area contributed by atoms with Crippen LogP contribution in [0.1, 0.15) is 48.7 Å². The van der Waals surface area contributed by atoms with Crippen molar-refractivity contribution in [3.8, 4) is 10.7 Å². The van der Waals surface area contributed by atoms with Crippen molar-refractivity contribution < 1.29 is 14.4 Å². The number of nitrogens with zero attached hydrogens (tertiary/aromatic N) is 3. The van der Waals surface area contributed by atoms with Gasteiger partial charge in [-0.05, 0) is 37.8 Å². The maximum absolute atomic E-state index is 12.0. The lowest BCUT2D eigenvalue weighted by molar-refractivity contribution is -0.121. The van der Waals surface area contributed by atoms with E-state index in [1.54, 1.807) is 18.3 Å². The Morgan fingerprint density at radius 2 is 2.19 bits per heavy atom. The van der Waals surface area contributed by atoms with Crippen molar-refractivity contribution in [1.82, 2.24) is 20.4 Å². The number of aryl methyl sites for hydroxylation is 2. The second-order valence-corrected chi connectivity index (χ2v) is 7.22. The Labute approximate surface area is 161 Å². The molecule has 3 aromatic rings. The zero-order chi connectivity index (χ0) is 19.2. The van der Waals surface area contributed by atoms with Gasteiger partial charge in [0.2, 0.25) is 17.6 Å². The van der Waals surface area contributed by atoms with E-state index in [1.165, 1.54) is 0 Å². The van der Waals surface area contributed by atoms with Gasteiger partial charge in [-0.3, -0.25) is 9.78 Å². The number of aliphatic hydroxyl groups excluding tert-OH is 1. The van der Waals surface area contributed by atoms with Gasteiger partial charge in [-0.1, -0.05) is 17.3 Å². The normalized spacial score (nSPS) is 12.1. The number of thiophene rings is 1. The highest BCUT2D eigenvalue weighted by atomic mass is 32.1. The van der Waals surface area contributed by atoms with Gasteiger partial charge in [0.05, 0.1) is 23.2 Å². The van der Waals surface area contributed by atoms with Gasteiger partial charge >= 0.3 is 0 Å². The number of carbonyl (C=O) groups excluding carboxylic acids is 1. The van der Waals surface area contributed by atoms with Crippen molar-refractivity contribution in [1.29, 1.82) is 0 Å². The summed E-state index contributed by atoms with van der Waals surface area (Å²) in [5.74, 6) is 1.08. The molecule has 0 saturated carbocycles. The van der Waals surface area contributed by atoms with Crippen LogP contribution in [0.25, 0.3) is 10.7 Å². The van der Waals surface area contributed by atoms with Gasteiger partial charge in [-0.15, -0.1) is 11.3 Å². The predicted molar refractivity (Wildman–Crippen MR) is 102 cm³/mol. The summed E-state index contributed by atoms with van der Waals surface area (Å²) in [5.41, 5.74) is 2.34. The molecule has 0 saturated heterocycles. The Balaban J connectivity index is 1.42. The molecule has 3 heterocycles. The molecule has 1 atom stereocenters. The van der Waals surface area contributed by atoms with Crippen molar-refractivity contribution in [2.45, 2.75) is 45.8 Å². The smallest absolute Gasteiger partial charge is 0.226 e. The van der Waals surface area contributed by atoms with Crippen LogP contribution in [0, 0.1) is 6.92 Å². The molecular weight excluding hydrogens is 364 g/mol. The quantitative estimate of drug-likeness (QED) is 0.616. The number of pyridine rings is 1. The van der Waals surface area contributed by atoms with Crippen LogP contribution in [-0.4, -0.2) is 26.1 Å². The Kier molecular flexibility index (Phi) is 6.31. The van der Waals surface area contributed by atoms with Crippen LogP contribution in [0.4, 0.5) is 0 Å². The van der Waals surface area contributed by atoms with Crippen LogP contribution in [-0.2, 0) is 17.8 Å². The first-order chi connectivity index (χ1) is 13.0. The first kappa shape index (κ1) is 19.2. The number of amides is 1. The minimum atomic E-state index is -0.550. The maximum atomic E-state index is 12.0. The van der Waals surface area contributed by atoms with Gasteiger partial charge in [0.1, 0.15) is 0 Å². The van der Waals surface area contributed by atoms with Crippen LogP contribution in [0.5, 0.6) is 0 Å². The van der Waals surface area contributed by atoms with E-state index in [1.807, 2.05) is 36.6 Å². The van der Waals surface area contributed by atoms with Crippen LogP contribution in [0.15, 0.2) is 34.2 Å². The van der Waals surface area contributed by atoms with Crippen molar-refractivity contribution in [2.24, 2.45) is 0 Å². The summed E-state index contributed by atoms with van der Waals surface area (Å²) >= 11 is 1.56. The minimum absolute atomic E-state index is 0.0490. The van der Waals surface area contributed by atoms with Crippen molar-refractivity contribution in [3.05, 3.63) is 52.5 Å². The highest BCUT2D eigenvalue weighted by molar-refractivity contribution is 7.13. The molecule has 27 heavy (non-hydrogen) atoms. The number of aromatic nitrogens is 3. The Morgan fingerprint density at radius 1 is 1.33 bits per heavy atom. The molecular formula is C19H22N4O3S. The number of carbonyl (C=O) groups is 1. The van der Waals surface area contributed by atoms with Crippen LogP contribution in [0.2, 0.25) is 0 Å². The second kappa shape index (κ2) is 8.88. The largest absolute Gasteiger partial charge is 0.389 e. The van der Waals surface area contributed by atoms with E-state index < -0.39 is 6.10 Å². The molecule has 3 rings (SSSR count). The molecule has 0 bridgehead atoms. The summed E-state index contributed by atoms with van der Waals surface area (Å²) in [6.45, 7) is 3.92. The lowest BCUT2D eigenvalue weighted by atomic mass is 10.1. The number of hydrogen-bond acceptors (Lipinski definition) is 7. The fraction of sp³-hybridized carbons (Fsp3) is 0.368. The Bertz CT molecular complexity index is 890. The number of nitrogens with one attached hydrogen (secondary N) is 1. The molecule has 0 fully saturated rings. The first-order valence-electron chi connectivity index (χ1n) is 8.80. The average Bonchev–Trinajstić information content (AvgIpc) is 3.31. The second-order valence-electron chi connectivity index (χ2n) is 6.27. The molecule has 1 amide bonds. The molecule has 0 aliphatic carbocycles. The Morgan fingerprint density at radius 3 is 2.89 bits per heavy atom. The summed E-state index contributed by atoms with van der Waals surface area (Å²) < 4.78 is 5.23. The third kappa shape index (κ3) is 5.21. The van der Waals surface area contributed by atoms with E-state index in [2.05, 4.69) is 20.4 Å². The van der Waals surface area contributed by atoms with Crippen molar-refractivity contribution in [2.75, 3.05) is 0 Å². The first-order valence-corrected chi connectivity index (χ1v) is 9.68. The molecule has 0 unspecified atom stereocenters. The van der Waals surface area contributed by atoms with Gasteiger partial charge in [0.15, 0.2) is 0 Å². The molecule has 2 N–H and O–H groups in total. The SMILES string of the molecule is Cc1nc(CNC(=O)CCCc2nc(-c3cccs3)no2)ccc1[C@@H](C)O. The van der Waals surface area contributed by atoms with Crippen LogP contribution >= 0.6 is 11.3 Å². The third-order valence-corrected chi connectivity index (χ3v) is 4.97. The fourth-order valence-electron chi connectivity index (χ4n) is 2.70. The van der Waals surface area contributed by atoms with Gasteiger partial charge in [0, 0.05) is 24.1 Å². The minimum Gasteiger partial charge on any atom is -0.389 e. The van der Waals surface area contributed by atoms with Crippen molar-refractivity contribution >= 4 is 17.2 Å². The molecule has 0 aromatic carbocycles. The van der Waals surface area contributed by atoms with Crippen LogP contribution in [0.3, 0.4) is 0 Å². The third-order valence-electron chi connectivity index (χ3n) is 4.11. The standard InChI is InChI=1S/C19H22N4O3S/c1-12-15(13(2)24)9-8-14(21-12)11-20-17(25)6-3-7-18-22-19(23-26-18)16-5-4-10-27-16/h4-5,8-10,13,24H,3,6-7,11H2,1-2H3,(H,20,25)/t13-/m1/s1. The monoisotopic (exact) mass is 386 g/mol. The summed E-state index contributed by atoms with van der Waals surface area (Å²) in [7, 11) is 0. The molecule has 142 valence electrons. The zero-order valence-electron chi connectivity index (χ0n) is 15.3. The van der Waals surface area contributed by atoms with Gasteiger partial charge in [0.25, 0.3) is 0 Å². The lowest BCUT2D eigenvalue weighted by Gasteiger charge is -2.10. The summed E-state index contributed by atoms with van der Waals surface area (Å²) in [4.78, 5) is 21.7. The Hall–Kier alpha value is -2.58. The molecule has 3 aromatic heterocycles. The number of rotatable bonds is 8. The molecule has 0 radical (unpaired) electrons. The molecule has 0 aliphatic rings. The van der Waals surface area contributed by atoms with E-state index in [0.29, 0.717) is 37.5 Å². The van der Waals surface area contributed by atoms with E-state index in [9.17, 15) is 9.90 Å². The predicted octanol–water partition coefficient (Wildman–Crippen LogP) is 3.19. The lowest BCUT2D eigenvalue weighted by Crippen LogP contribution is -2.23. The molecule has 7 nitrogen and oxygen atoms in total. The van der Waals surface area contributed by atoms with Gasteiger partial charge in [-0.2, -0.15) is 4.98 Å². The topological polar surface area (TPSA) is 101 Å². The highest BCUT2D eigenvalue weighted by Crippen LogP contribution is 2.21. The molecule has 0 aliphatic heterocycles. The zero-order valence-corrected chi connectivity index (χ0v) is 16.1. The molecule has 0 spiro atoms. The number of aliphatic hydroxyl groups is 1. The van der Waals surface area contributed by atoms with E-state index in [-0.39, 0.29) is 5.91 Å². The number of hydrogen-bond donors (Lipinski definition) is 2. The average molecular weight is 386 g/mol. The maximum Gasteiger partial charge on any atom is 0.226 e. The highest BCUT2D eigenvalue weighted by Gasteiger charge is 2.11. The summed E-state index contributed by atoms with van der Waals surface area (Å²) in [6.07, 6.45) is 1.02. The van der Waals surface area contributed by atoms with E-state index in [4.69, 9.17) is 4.52 Å². The van der Waals surface area contributed by atoms with Crippen molar-refractivity contribution in [3.63, 3.8) is 0 Å². The fourth-order valence-corrected chi connectivity index (χ4v) is 3.35. The van der Waals surface area contributed by atoms with E-state index >= 15 is 0 Å². The summed E-state index contributed by atoms with van der Waals surface area (Å²) in [6, 6.07) is 7.54.